The van der Waals surface area contributed by atoms with Gasteiger partial charge in [-0.3, -0.25) is 9.69 Å². The van der Waals surface area contributed by atoms with Crippen LogP contribution >= 0.6 is 0 Å². The van der Waals surface area contributed by atoms with E-state index in [4.69, 9.17) is 10.5 Å². The van der Waals surface area contributed by atoms with Gasteiger partial charge in [-0.15, -0.1) is 0 Å². The van der Waals surface area contributed by atoms with Gasteiger partial charge in [-0.05, 0) is 32.0 Å². The molecule has 0 saturated carbocycles. The first-order chi connectivity index (χ1) is 9.66. The van der Waals surface area contributed by atoms with Gasteiger partial charge in [0.15, 0.2) is 0 Å². The average Bonchev–Trinajstić information content (AvgIpc) is 2.43. The number of para-hydroxylation sites is 2. The molecule has 1 heterocycles. The van der Waals surface area contributed by atoms with E-state index >= 15 is 0 Å². The molecule has 0 aromatic heterocycles. The van der Waals surface area contributed by atoms with Gasteiger partial charge in [0.2, 0.25) is 5.91 Å². The molecule has 5 heteroatoms. The Morgan fingerprint density at radius 2 is 2.30 bits per heavy atom. The summed E-state index contributed by atoms with van der Waals surface area (Å²) in [6.45, 7) is 5.62. The topological polar surface area (TPSA) is 67.6 Å². The molecule has 3 N–H and O–H groups in total. The zero-order valence-electron chi connectivity index (χ0n) is 12.0. The fraction of sp³-hybridized carbons (Fsp3) is 0.533. The Hall–Kier alpha value is -1.59. The maximum Gasteiger partial charge on any atom is 0.224 e. The first-order valence-electron chi connectivity index (χ1n) is 7.13. The molecule has 1 amide bonds. The van der Waals surface area contributed by atoms with Crippen molar-refractivity contribution in [2.24, 2.45) is 0 Å². The van der Waals surface area contributed by atoms with Gasteiger partial charge in [-0.2, -0.15) is 0 Å². The SMILES string of the molecule is CC1COCCN1CCCC(=O)Nc1ccccc1N. The highest BCUT2D eigenvalue weighted by Gasteiger charge is 2.18. The van der Waals surface area contributed by atoms with Crippen molar-refractivity contribution < 1.29 is 9.53 Å². The van der Waals surface area contributed by atoms with Crippen LogP contribution < -0.4 is 11.1 Å². The second-order valence-corrected chi connectivity index (χ2v) is 5.20. The van der Waals surface area contributed by atoms with Gasteiger partial charge in [-0.25, -0.2) is 0 Å². The molecule has 20 heavy (non-hydrogen) atoms. The molecule has 0 bridgehead atoms. The molecule has 1 aliphatic heterocycles. The number of benzene rings is 1. The van der Waals surface area contributed by atoms with Crippen molar-refractivity contribution in [1.29, 1.82) is 0 Å². The summed E-state index contributed by atoms with van der Waals surface area (Å²) in [5, 5.41) is 2.85. The summed E-state index contributed by atoms with van der Waals surface area (Å²) in [7, 11) is 0. The number of carbonyl (C=O) groups is 1. The van der Waals surface area contributed by atoms with Crippen molar-refractivity contribution in [3.05, 3.63) is 24.3 Å². The number of nitrogen functional groups attached to an aromatic ring is 1. The van der Waals surface area contributed by atoms with E-state index in [1.165, 1.54) is 0 Å². The van der Waals surface area contributed by atoms with Crippen LogP contribution in [-0.2, 0) is 9.53 Å². The third kappa shape index (κ3) is 4.21. The standard InChI is InChI=1S/C15H23N3O2/c1-12-11-20-10-9-18(12)8-4-7-15(19)17-14-6-3-2-5-13(14)16/h2-3,5-6,12H,4,7-11,16H2,1H3,(H,17,19). The van der Waals surface area contributed by atoms with E-state index in [0.717, 1.165) is 32.7 Å². The molecule has 0 aliphatic carbocycles. The zero-order chi connectivity index (χ0) is 14.4. The van der Waals surface area contributed by atoms with Crippen molar-refractivity contribution in [3.63, 3.8) is 0 Å². The van der Waals surface area contributed by atoms with Crippen LogP contribution in [0.2, 0.25) is 0 Å². The molecule has 1 aliphatic rings. The number of rotatable bonds is 5. The molecule has 1 fully saturated rings. The van der Waals surface area contributed by atoms with Crippen LogP contribution in [0.1, 0.15) is 19.8 Å². The van der Waals surface area contributed by atoms with E-state index in [9.17, 15) is 4.79 Å². The molecule has 5 nitrogen and oxygen atoms in total. The summed E-state index contributed by atoms with van der Waals surface area (Å²) >= 11 is 0. The lowest BCUT2D eigenvalue weighted by molar-refractivity contribution is -0.116. The Kier molecular flexibility index (Phi) is 5.38. The summed E-state index contributed by atoms with van der Waals surface area (Å²) in [5.41, 5.74) is 7.09. The van der Waals surface area contributed by atoms with Gasteiger partial charge in [-0.1, -0.05) is 12.1 Å². The van der Waals surface area contributed by atoms with Crippen LogP contribution in [0, 0.1) is 0 Å². The fourth-order valence-corrected chi connectivity index (χ4v) is 2.36. The molecular formula is C15H23N3O2. The summed E-state index contributed by atoms with van der Waals surface area (Å²) in [6.07, 6.45) is 1.36. The number of nitrogens with zero attached hydrogens (tertiary/aromatic N) is 1. The molecule has 0 radical (unpaired) electrons. The number of amides is 1. The zero-order valence-corrected chi connectivity index (χ0v) is 12.0. The number of morpholine rings is 1. The largest absolute Gasteiger partial charge is 0.397 e. The molecule has 2 rings (SSSR count). The molecule has 1 aromatic rings. The van der Waals surface area contributed by atoms with Crippen molar-refractivity contribution in [1.82, 2.24) is 4.90 Å². The average molecular weight is 277 g/mol. The van der Waals surface area contributed by atoms with Crippen molar-refractivity contribution in [2.75, 3.05) is 37.4 Å². The second-order valence-electron chi connectivity index (χ2n) is 5.20. The molecule has 110 valence electrons. The Labute approximate surface area is 120 Å². The summed E-state index contributed by atoms with van der Waals surface area (Å²) < 4.78 is 5.40. The van der Waals surface area contributed by atoms with Gasteiger partial charge >= 0.3 is 0 Å². The Balaban J connectivity index is 1.71. The quantitative estimate of drug-likeness (QED) is 0.804. The number of anilines is 2. The highest BCUT2D eigenvalue weighted by atomic mass is 16.5. The molecule has 1 aromatic carbocycles. The van der Waals surface area contributed by atoms with Gasteiger partial charge in [0.05, 0.1) is 24.6 Å². The monoisotopic (exact) mass is 277 g/mol. The van der Waals surface area contributed by atoms with Crippen molar-refractivity contribution in [3.8, 4) is 0 Å². The number of ether oxygens (including phenoxy) is 1. The highest BCUT2D eigenvalue weighted by molar-refractivity contribution is 5.93. The minimum absolute atomic E-state index is 0.0174. The third-order valence-electron chi connectivity index (χ3n) is 3.59. The lowest BCUT2D eigenvalue weighted by Crippen LogP contribution is -2.44. The molecular weight excluding hydrogens is 254 g/mol. The van der Waals surface area contributed by atoms with Gasteiger partial charge < -0.3 is 15.8 Å². The molecule has 1 atom stereocenters. The summed E-state index contributed by atoms with van der Waals surface area (Å²) in [6, 6.07) is 7.76. The first-order valence-corrected chi connectivity index (χ1v) is 7.13. The smallest absolute Gasteiger partial charge is 0.224 e. The summed E-state index contributed by atoms with van der Waals surface area (Å²) in [4.78, 5) is 14.2. The van der Waals surface area contributed by atoms with Crippen LogP contribution in [0.5, 0.6) is 0 Å². The van der Waals surface area contributed by atoms with Gasteiger partial charge in [0, 0.05) is 19.0 Å². The van der Waals surface area contributed by atoms with Crippen LogP contribution in [0.15, 0.2) is 24.3 Å². The highest BCUT2D eigenvalue weighted by Crippen LogP contribution is 2.17. The number of hydrogen-bond donors (Lipinski definition) is 2. The van der Waals surface area contributed by atoms with E-state index in [1.807, 2.05) is 18.2 Å². The van der Waals surface area contributed by atoms with Crippen LogP contribution in [0.25, 0.3) is 0 Å². The van der Waals surface area contributed by atoms with Gasteiger partial charge in [0.25, 0.3) is 0 Å². The van der Waals surface area contributed by atoms with Crippen molar-refractivity contribution >= 4 is 17.3 Å². The molecule has 0 spiro atoms. The number of nitrogens with one attached hydrogen (secondary N) is 1. The minimum Gasteiger partial charge on any atom is -0.397 e. The van der Waals surface area contributed by atoms with Crippen molar-refractivity contribution in [2.45, 2.75) is 25.8 Å². The number of nitrogens with two attached hydrogens (primary N) is 1. The minimum atomic E-state index is 0.0174. The Morgan fingerprint density at radius 3 is 3.05 bits per heavy atom. The van der Waals surface area contributed by atoms with Crippen LogP contribution in [-0.4, -0.2) is 43.2 Å². The fourth-order valence-electron chi connectivity index (χ4n) is 2.36. The number of hydrogen-bond acceptors (Lipinski definition) is 4. The second kappa shape index (κ2) is 7.26. The Bertz CT molecular complexity index is 450. The lowest BCUT2D eigenvalue weighted by atomic mass is 10.2. The van der Waals surface area contributed by atoms with E-state index in [-0.39, 0.29) is 5.91 Å². The number of carbonyl (C=O) groups excluding carboxylic acids is 1. The third-order valence-corrected chi connectivity index (χ3v) is 3.59. The van der Waals surface area contributed by atoms with E-state index in [2.05, 4.69) is 17.1 Å². The maximum absolute atomic E-state index is 11.9. The molecule has 1 unspecified atom stereocenters. The normalized spacial score (nSPS) is 19.8. The van der Waals surface area contributed by atoms with E-state index in [0.29, 0.717) is 23.8 Å². The van der Waals surface area contributed by atoms with Gasteiger partial charge in [0.1, 0.15) is 0 Å². The maximum atomic E-state index is 11.9. The molecule has 1 saturated heterocycles. The first kappa shape index (κ1) is 14.8. The Morgan fingerprint density at radius 1 is 1.50 bits per heavy atom. The van der Waals surface area contributed by atoms with Crippen LogP contribution in [0.4, 0.5) is 11.4 Å². The predicted molar refractivity (Wildman–Crippen MR) is 80.6 cm³/mol. The lowest BCUT2D eigenvalue weighted by Gasteiger charge is -2.33. The van der Waals surface area contributed by atoms with Crippen LogP contribution in [0.3, 0.4) is 0 Å². The predicted octanol–water partition coefficient (Wildman–Crippen LogP) is 1.71. The van der Waals surface area contributed by atoms with E-state index < -0.39 is 0 Å². The van der Waals surface area contributed by atoms with E-state index in [1.54, 1.807) is 6.07 Å². The summed E-state index contributed by atoms with van der Waals surface area (Å²) in [5.74, 6) is 0.0174.